The van der Waals surface area contributed by atoms with Crippen molar-refractivity contribution in [3.8, 4) is 16.9 Å². The van der Waals surface area contributed by atoms with Crippen molar-refractivity contribution >= 4 is 11.7 Å². The van der Waals surface area contributed by atoms with E-state index in [1.54, 1.807) is 0 Å². The summed E-state index contributed by atoms with van der Waals surface area (Å²) in [5.74, 6) is 0.0319. The van der Waals surface area contributed by atoms with E-state index in [-0.39, 0.29) is 5.56 Å². The van der Waals surface area contributed by atoms with E-state index in [1.807, 2.05) is 12.1 Å². The molecular formula is C34H38N2O3. The van der Waals surface area contributed by atoms with Gasteiger partial charge in [-0.2, -0.15) is 0 Å². The second-order valence-corrected chi connectivity index (χ2v) is 10.2. The number of pyridine rings is 1. The summed E-state index contributed by atoms with van der Waals surface area (Å²) in [6.45, 7) is 10.1. The van der Waals surface area contributed by atoms with Gasteiger partial charge in [0.1, 0.15) is 12.4 Å². The van der Waals surface area contributed by atoms with Crippen molar-refractivity contribution in [2.45, 2.75) is 65.6 Å². The Morgan fingerprint density at radius 1 is 0.872 bits per heavy atom. The van der Waals surface area contributed by atoms with Gasteiger partial charge in [-0.1, -0.05) is 62.4 Å². The average molecular weight is 523 g/mol. The third-order valence-corrected chi connectivity index (χ3v) is 7.21. The largest absolute Gasteiger partial charge is 0.487 e. The first-order chi connectivity index (χ1) is 18.9. The summed E-state index contributed by atoms with van der Waals surface area (Å²) in [5.41, 5.74) is 7.28. The highest BCUT2D eigenvalue weighted by molar-refractivity contribution is 5.87. The summed E-state index contributed by atoms with van der Waals surface area (Å²) in [4.78, 5) is 17.6. The number of carbonyl (C=O) groups is 1. The molecule has 4 aromatic rings. The van der Waals surface area contributed by atoms with E-state index >= 15 is 0 Å². The van der Waals surface area contributed by atoms with Crippen molar-refractivity contribution in [3.05, 3.63) is 114 Å². The molecule has 0 saturated carbocycles. The minimum Gasteiger partial charge on any atom is -0.487 e. The molecule has 5 heteroatoms. The van der Waals surface area contributed by atoms with E-state index in [4.69, 9.17) is 4.74 Å². The lowest BCUT2D eigenvalue weighted by Crippen LogP contribution is -2.30. The van der Waals surface area contributed by atoms with Crippen LogP contribution >= 0.6 is 0 Å². The van der Waals surface area contributed by atoms with Gasteiger partial charge in [0.25, 0.3) is 0 Å². The molecule has 0 unspecified atom stereocenters. The second kappa shape index (κ2) is 13.1. The summed E-state index contributed by atoms with van der Waals surface area (Å²) in [5, 5.41) is 9.18. The Balaban J connectivity index is 1.49. The molecule has 0 amide bonds. The van der Waals surface area contributed by atoms with Crippen LogP contribution in [0.4, 0.5) is 5.69 Å². The van der Waals surface area contributed by atoms with Crippen molar-refractivity contribution < 1.29 is 14.6 Å². The smallest absolute Gasteiger partial charge is 0.337 e. The SMILES string of the molecule is CCC(CC)c1ccc(N(Cc2cccc(-c3cccc(COc4cncc(C(=O)O)c4)c3)c2)C(C)C)cc1. The normalized spacial score (nSPS) is 11.1. The van der Waals surface area contributed by atoms with E-state index in [0.717, 1.165) is 23.2 Å². The van der Waals surface area contributed by atoms with Crippen LogP contribution < -0.4 is 9.64 Å². The molecule has 1 heterocycles. The Labute approximate surface area is 232 Å². The van der Waals surface area contributed by atoms with Crippen LogP contribution in [0.3, 0.4) is 0 Å². The molecule has 0 saturated heterocycles. The molecule has 0 atom stereocenters. The van der Waals surface area contributed by atoms with Gasteiger partial charge in [0, 0.05) is 24.5 Å². The molecule has 0 spiro atoms. The fourth-order valence-corrected chi connectivity index (χ4v) is 4.94. The van der Waals surface area contributed by atoms with Crippen LogP contribution in [0, 0.1) is 0 Å². The molecular weight excluding hydrogens is 484 g/mol. The van der Waals surface area contributed by atoms with Gasteiger partial charge in [0.2, 0.25) is 0 Å². The Kier molecular flexibility index (Phi) is 9.37. The molecule has 0 fully saturated rings. The molecule has 202 valence electrons. The van der Waals surface area contributed by atoms with Gasteiger partial charge < -0.3 is 14.7 Å². The lowest BCUT2D eigenvalue weighted by atomic mass is 9.94. The van der Waals surface area contributed by atoms with E-state index < -0.39 is 5.97 Å². The molecule has 0 aliphatic rings. The number of hydrogen-bond donors (Lipinski definition) is 1. The van der Waals surface area contributed by atoms with Crippen LogP contribution in [0.15, 0.2) is 91.3 Å². The topological polar surface area (TPSA) is 62.7 Å². The van der Waals surface area contributed by atoms with E-state index in [9.17, 15) is 9.90 Å². The van der Waals surface area contributed by atoms with Crippen molar-refractivity contribution in [1.82, 2.24) is 4.98 Å². The second-order valence-electron chi connectivity index (χ2n) is 10.2. The lowest BCUT2D eigenvalue weighted by molar-refractivity contribution is 0.0696. The molecule has 1 aromatic heterocycles. The standard InChI is InChI=1S/C34H38N2O3/c1-5-27(6-2)28-13-15-32(16-14-28)36(24(3)4)22-25-9-7-11-29(17-25)30-12-8-10-26(18-30)23-39-33-19-31(34(37)38)20-35-21-33/h7-21,24,27H,5-6,22-23H2,1-4H3,(H,37,38). The van der Waals surface area contributed by atoms with Gasteiger partial charge in [-0.15, -0.1) is 0 Å². The zero-order valence-electron chi connectivity index (χ0n) is 23.3. The molecule has 0 aliphatic heterocycles. The van der Waals surface area contributed by atoms with Crippen LogP contribution in [0.5, 0.6) is 5.75 Å². The number of rotatable bonds is 12. The molecule has 5 nitrogen and oxygen atoms in total. The first kappa shape index (κ1) is 27.9. The quantitative estimate of drug-likeness (QED) is 0.203. The molecule has 3 aromatic carbocycles. The molecule has 0 aliphatic carbocycles. The van der Waals surface area contributed by atoms with Crippen LogP contribution in [-0.2, 0) is 13.2 Å². The Hall–Kier alpha value is -4.12. The minimum atomic E-state index is -1.02. The lowest BCUT2D eigenvalue weighted by Gasteiger charge is -2.30. The average Bonchev–Trinajstić information content (AvgIpc) is 2.96. The predicted octanol–water partition coefficient (Wildman–Crippen LogP) is 8.34. The fraction of sp³-hybridized carbons (Fsp3) is 0.294. The Morgan fingerprint density at radius 2 is 1.51 bits per heavy atom. The number of aromatic nitrogens is 1. The highest BCUT2D eigenvalue weighted by atomic mass is 16.5. The van der Waals surface area contributed by atoms with Gasteiger partial charge in [-0.25, -0.2) is 4.79 Å². The van der Waals surface area contributed by atoms with E-state index in [1.165, 1.54) is 48.1 Å². The van der Waals surface area contributed by atoms with Gasteiger partial charge in [0.05, 0.1) is 11.8 Å². The number of ether oxygens (including phenoxy) is 1. The van der Waals surface area contributed by atoms with Gasteiger partial charge in [-0.05, 0) is 90.8 Å². The highest BCUT2D eigenvalue weighted by Crippen LogP contribution is 2.28. The van der Waals surface area contributed by atoms with E-state index in [0.29, 0.717) is 24.3 Å². The maximum Gasteiger partial charge on any atom is 0.337 e. The molecule has 0 radical (unpaired) electrons. The third-order valence-electron chi connectivity index (χ3n) is 7.21. The number of carboxylic acids is 1. The number of benzene rings is 3. The summed E-state index contributed by atoms with van der Waals surface area (Å²) < 4.78 is 5.83. The molecule has 4 rings (SSSR count). The Morgan fingerprint density at radius 3 is 2.13 bits per heavy atom. The maximum atomic E-state index is 11.2. The van der Waals surface area contributed by atoms with Gasteiger partial charge in [0.15, 0.2) is 0 Å². The van der Waals surface area contributed by atoms with Crippen LogP contribution in [-0.4, -0.2) is 22.1 Å². The molecule has 0 bridgehead atoms. The van der Waals surface area contributed by atoms with Crippen molar-refractivity contribution in [1.29, 1.82) is 0 Å². The van der Waals surface area contributed by atoms with Gasteiger partial charge in [-0.3, -0.25) is 4.98 Å². The predicted molar refractivity (Wildman–Crippen MR) is 158 cm³/mol. The fourth-order valence-electron chi connectivity index (χ4n) is 4.94. The number of nitrogens with zero attached hydrogens (tertiary/aromatic N) is 2. The number of hydrogen-bond acceptors (Lipinski definition) is 4. The monoisotopic (exact) mass is 522 g/mol. The van der Waals surface area contributed by atoms with Crippen LogP contribution in [0.1, 0.15) is 73.5 Å². The van der Waals surface area contributed by atoms with Crippen LogP contribution in [0.25, 0.3) is 11.1 Å². The highest BCUT2D eigenvalue weighted by Gasteiger charge is 2.14. The van der Waals surface area contributed by atoms with Crippen molar-refractivity contribution in [2.24, 2.45) is 0 Å². The summed E-state index contributed by atoms with van der Waals surface area (Å²) in [7, 11) is 0. The summed E-state index contributed by atoms with van der Waals surface area (Å²) in [6, 6.07) is 27.9. The van der Waals surface area contributed by atoms with Crippen molar-refractivity contribution in [3.63, 3.8) is 0 Å². The Bertz CT molecular complexity index is 1380. The zero-order chi connectivity index (χ0) is 27.8. The van der Waals surface area contributed by atoms with Crippen LogP contribution in [0.2, 0.25) is 0 Å². The zero-order valence-corrected chi connectivity index (χ0v) is 23.3. The molecule has 39 heavy (non-hydrogen) atoms. The minimum absolute atomic E-state index is 0.107. The maximum absolute atomic E-state index is 11.2. The number of carboxylic acid groups (broad SMARTS) is 1. The number of aromatic carboxylic acids is 1. The first-order valence-corrected chi connectivity index (χ1v) is 13.7. The van der Waals surface area contributed by atoms with Gasteiger partial charge >= 0.3 is 5.97 Å². The molecule has 1 N–H and O–H groups in total. The first-order valence-electron chi connectivity index (χ1n) is 13.7. The summed E-state index contributed by atoms with van der Waals surface area (Å²) >= 11 is 0. The van der Waals surface area contributed by atoms with E-state index in [2.05, 4.69) is 98.2 Å². The van der Waals surface area contributed by atoms with Crippen molar-refractivity contribution in [2.75, 3.05) is 4.90 Å². The third kappa shape index (κ3) is 7.26. The number of anilines is 1. The summed E-state index contributed by atoms with van der Waals surface area (Å²) in [6.07, 6.45) is 5.17.